The molecule has 0 aliphatic carbocycles. The van der Waals surface area contributed by atoms with Crippen molar-refractivity contribution in [2.75, 3.05) is 26.2 Å². The summed E-state index contributed by atoms with van der Waals surface area (Å²) in [4.78, 5) is 17.7. The zero-order chi connectivity index (χ0) is 17.3. The standard InChI is InChI=1S/C19H23FN2OS/c1-13(2)21-6-8-22(9-7-21)19(23)18-11-16(12-24-18)15-5-4-14(3)17(20)10-15/h4-5,10-13H,6-9H2,1-3H3. The van der Waals surface area contributed by atoms with Crippen LogP contribution in [-0.4, -0.2) is 47.9 Å². The molecular formula is C19H23FN2OS. The van der Waals surface area contributed by atoms with Gasteiger partial charge in [0.15, 0.2) is 0 Å². The summed E-state index contributed by atoms with van der Waals surface area (Å²) in [6.07, 6.45) is 0. The molecule has 0 spiro atoms. The second-order valence-electron chi connectivity index (χ2n) is 6.59. The Labute approximate surface area is 146 Å². The number of hydrogen-bond acceptors (Lipinski definition) is 3. The zero-order valence-corrected chi connectivity index (χ0v) is 15.2. The molecule has 24 heavy (non-hydrogen) atoms. The van der Waals surface area contributed by atoms with Gasteiger partial charge in [0.25, 0.3) is 5.91 Å². The number of aryl methyl sites for hydroxylation is 1. The lowest BCUT2D eigenvalue weighted by atomic mass is 10.1. The Morgan fingerprint density at radius 3 is 2.46 bits per heavy atom. The molecule has 2 heterocycles. The van der Waals surface area contributed by atoms with E-state index in [-0.39, 0.29) is 11.7 Å². The largest absolute Gasteiger partial charge is 0.335 e. The summed E-state index contributed by atoms with van der Waals surface area (Å²) in [6.45, 7) is 9.49. The fourth-order valence-corrected chi connectivity index (χ4v) is 3.85. The summed E-state index contributed by atoms with van der Waals surface area (Å²) in [5.74, 6) is -0.126. The summed E-state index contributed by atoms with van der Waals surface area (Å²) in [7, 11) is 0. The molecule has 2 aromatic rings. The topological polar surface area (TPSA) is 23.6 Å². The number of piperazine rings is 1. The number of carbonyl (C=O) groups excluding carboxylic acids is 1. The van der Waals surface area contributed by atoms with E-state index in [0.717, 1.165) is 42.2 Å². The second kappa shape index (κ2) is 7.03. The van der Waals surface area contributed by atoms with Crippen molar-refractivity contribution in [3.8, 4) is 11.1 Å². The molecule has 1 aromatic carbocycles. The number of benzene rings is 1. The molecule has 1 aromatic heterocycles. The molecule has 1 aliphatic heterocycles. The molecule has 1 saturated heterocycles. The first kappa shape index (κ1) is 17.1. The van der Waals surface area contributed by atoms with Gasteiger partial charge in [0, 0.05) is 32.2 Å². The van der Waals surface area contributed by atoms with Crippen LogP contribution in [0.15, 0.2) is 29.6 Å². The molecule has 0 unspecified atom stereocenters. The van der Waals surface area contributed by atoms with Gasteiger partial charge < -0.3 is 4.90 Å². The van der Waals surface area contributed by atoms with Crippen LogP contribution in [0, 0.1) is 12.7 Å². The molecule has 1 amide bonds. The molecule has 0 radical (unpaired) electrons. The van der Waals surface area contributed by atoms with Crippen LogP contribution in [0.25, 0.3) is 11.1 Å². The van der Waals surface area contributed by atoms with Crippen molar-refractivity contribution in [1.29, 1.82) is 0 Å². The van der Waals surface area contributed by atoms with Gasteiger partial charge in [0.1, 0.15) is 5.82 Å². The van der Waals surface area contributed by atoms with Crippen LogP contribution in [-0.2, 0) is 0 Å². The van der Waals surface area contributed by atoms with Gasteiger partial charge in [0.05, 0.1) is 4.88 Å². The SMILES string of the molecule is Cc1ccc(-c2csc(C(=O)N3CCN(C(C)C)CC3)c2)cc1F. The van der Waals surface area contributed by atoms with E-state index in [4.69, 9.17) is 0 Å². The molecule has 3 nitrogen and oxygen atoms in total. The van der Waals surface area contributed by atoms with Crippen molar-refractivity contribution in [1.82, 2.24) is 9.80 Å². The zero-order valence-electron chi connectivity index (χ0n) is 14.4. The fraction of sp³-hybridized carbons (Fsp3) is 0.421. The molecular weight excluding hydrogens is 323 g/mol. The number of amides is 1. The average Bonchev–Trinajstić information content (AvgIpc) is 3.07. The average molecular weight is 346 g/mol. The molecule has 0 N–H and O–H groups in total. The van der Waals surface area contributed by atoms with Crippen molar-refractivity contribution < 1.29 is 9.18 Å². The van der Waals surface area contributed by atoms with Gasteiger partial charge in [-0.25, -0.2) is 4.39 Å². The number of nitrogens with zero attached hydrogens (tertiary/aromatic N) is 2. The predicted molar refractivity (Wildman–Crippen MR) is 97.1 cm³/mol. The Bertz CT molecular complexity index is 733. The van der Waals surface area contributed by atoms with Gasteiger partial charge >= 0.3 is 0 Å². The van der Waals surface area contributed by atoms with Gasteiger partial charge in [-0.05, 0) is 55.0 Å². The van der Waals surface area contributed by atoms with Crippen LogP contribution in [0.3, 0.4) is 0 Å². The Morgan fingerprint density at radius 2 is 1.83 bits per heavy atom. The maximum Gasteiger partial charge on any atom is 0.264 e. The predicted octanol–water partition coefficient (Wildman–Crippen LogP) is 4.03. The number of thiophene rings is 1. The molecule has 0 atom stereocenters. The van der Waals surface area contributed by atoms with Gasteiger partial charge in [-0.2, -0.15) is 0 Å². The highest BCUT2D eigenvalue weighted by molar-refractivity contribution is 7.12. The van der Waals surface area contributed by atoms with Crippen molar-refractivity contribution in [2.24, 2.45) is 0 Å². The quantitative estimate of drug-likeness (QED) is 0.838. The first-order valence-electron chi connectivity index (χ1n) is 8.34. The molecule has 1 aliphatic rings. The fourth-order valence-electron chi connectivity index (χ4n) is 2.97. The Kier molecular flexibility index (Phi) is 5.01. The number of carbonyl (C=O) groups is 1. The summed E-state index contributed by atoms with van der Waals surface area (Å²) in [6, 6.07) is 7.61. The third kappa shape index (κ3) is 3.52. The third-order valence-electron chi connectivity index (χ3n) is 4.65. The van der Waals surface area contributed by atoms with E-state index in [1.165, 1.54) is 17.4 Å². The van der Waals surface area contributed by atoms with E-state index in [0.29, 0.717) is 11.6 Å². The van der Waals surface area contributed by atoms with Crippen LogP contribution in [0.5, 0.6) is 0 Å². The van der Waals surface area contributed by atoms with Crippen molar-refractivity contribution in [3.63, 3.8) is 0 Å². The molecule has 0 saturated carbocycles. The number of rotatable bonds is 3. The van der Waals surface area contributed by atoms with Crippen LogP contribution in [0.4, 0.5) is 4.39 Å². The molecule has 128 valence electrons. The van der Waals surface area contributed by atoms with E-state index in [9.17, 15) is 9.18 Å². The maximum atomic E-state index is 13.7. The summed E-state index contributed by atoms with van der Waals surface area (Å²) >= 11 is 1.44. The lowest BCUT2D eigenvalue weighted by Crippen LogP contribution is -2.50. The summed E-state index contributed by atoms with van der Waals surface area (Å²) in [5.41, 5.74) is 2.36. The normalized spacial score (nSPS) is 16.0. The van der Waals surface area contributed by atoms with E-state index in [1.807, 2.05) is 22.4 Å². The van der Waals surface area contributed by atoms with E-state index >= 15 is 0 Å². The lowest BCUT2D eigenvalue weighted by molar-refractivity contribution is 0.0600. The Morgan fingerprint density at radius 1 is 1.12 bits per heavy atom. The minimum Gasteiger partial charge on any atom is -0.335 e. The molecule has 5 heteroatoms. The third-order valence-corrected chi connectivity index (χ3v) is 5.57. The number of halogens is 1. The Balaban J connectivity index is 1.71. The van der Waals surface area contributed by atoms with Crippen LogP contribution in [0.1, 0.15) is 29.1 Å². The van der Waals surface area contributed by atoms with Crippen LogP contribution >= 0.6 is 11.3 Å². The highest BCUT2D eigenvalue weighted by Crippen LogP contribution is 2.28. The smallest absolute Gasteiger partial charge is 0.264 e. The van der Waals surface area contributed by atoms with Gasteiger partial charge in [-0.15, -0.1) is 11.3 Å². The minimum absolute atomic E-state index is 0.0854. The Hall–Kier alpha value is -1.72. The van der Waals surface area contributed by atoms with Crippen LogP contribution in [0.2, 0.25) is 0 Å². The van der Waals surface area contributed by atoms with Gasteiger partial charge in [-0.3, -0.25) is 9.69 Å². The van der Waals surface area contributed by atoms with E-state index < -0.39 is 0 Å². The van der Waals surface area contributed by atoms with Gasteiger partial charge in [-0.1, -0.05) is 12.1 Å². The van der Waals surface area contributed by atoms with Crippen LogP contribution < -0.4 is 0 Å². The van der Waals surface area contributed by atoms with Gasteiger partial charge in [0.2, 0.25) is 0 Å². The molecule has 3 rings (SSSR count). The minimum atomic E-state index is -0.212. The maximum absolute atomic E-state index is 13.7. The van der Waals surface area contributed by atoms with E-state index in [1.54, 1.807) is 13.0 Å². The number of hydrogen-bond donors (Lipinski definition) is 0. The monoisotopic (exact) mass is 346 g/mol. The van der Waals surface area contributed by atoms with Crippen molar-refractivity contribution >= 4 is 17.2 Å². The van der Waals surface area contributed by atoms with Crippen molar-refractivity contribution in [2.45, 2.75) is 26.8 Å². The molecule has 1 fully saturated rings. The van der Waals surface area contributed by atoms with Crippen molar-refractivity contribution in [3.05, 3.63) is 45.9 Å². The first-order valence-corrected chi connectivity index (χ1v) is 9.22. The highest BCUT2D eigenvalue weighted by Gasteiger charge is 2.24. The summed E-state index contributed by atoms with van der Waals surface area (Å²) < 4.78 is 13.7. The van der Waals surface area contributed by atoms with E-state index in [2.05, 4.69) is 18.7 Å². The first-order chi connectivity index (χ1) is 11.5. The molecule has 0 bridgehead atoms. The highest BCUT2D eigenvalue weighted by atomic mass is 32.1. The second-order valence-corrected chi connectivity index (χ2v) is 7.50. The lowest BCUT2D eigenvalue weighted by Gasteiger charge is -2.36. The summed E-state index contributed by atoms with van der Waals surface area (Å²) in [5, 5.41) is 1.93.